The summed E-state index contributed by atoms with van der Waals surface area (Å²) in [6, 6.07) is 3.98. The van der Waals surface area contributed by atoms with Crippen molar-refractivity contribution in [1.29, 1.82) is 0 Å². The average molecular weight is 265 g/mol. The van der Waals surface area contributed by atoms with Gasteiger partial charge in [-0.1, -0.05) is 13.0 Å². The van der Waals surface area contributed by atoms with Crippen LogP contribution in [0.3, 0.4) is 0 Å². The second kappa shape index (κ2) is 10.7. The molecule has 0 aromatic carbocycles. The number of rotatable bonds is 5. The number of aromatic nitrogens is 1. The van der Waals surface area contributed by atoms with E-state index in [0.29, 0.717) is 6.42 Å². The van der Waals surface area contributed by atoms with Crippen LogP contribution in [-0.4, -0.2) is 17.4 Å². The van der Waals surface area contributed by atoms with E-state index >= 15 is 0 Å². The van der Waals surface area contributed by atoms with Crippen molar-refractivity contribution in [3.8, 4) is 0 Å². The van der Waals surface area contributed by atoms with Crippen LogP contribution in [0.4, 0.5) is 0 Å². The summed E-state index contributed by atoms with van der Waals surface area (Å²) in [5.41, 5.74) is 1.22. The number of carbonyl (C=O) groups is 1. The van der Waals surface area contributed by atoms with Gasteiger partial charge in [0.2, 0.25) is 5.91 Å². The molecule has 92 valence electrons. The standard InChI is InChI=1S/C11H16N2O.2ClH/c1-2-11(14)13-8-4-6-10-5-3-7-12-9-10;;/h3,5,7,9H,2,4,6,8H2,1H3,(H,13,14);2*1H. The van der Waals surface area contributed by atoms with Gasteiger partial charge in [-0.25, -0.2) is 0 Å². The Morgan fingerprint density at radius 1 is 1.44 bits per heavy atom. The summed E-state index contributed by atoms with van der Waals surface area (Å²) in [5.74, 6) is 0.121. The van der Waals surface area contributed by atoms with Crippen LogP contribution in [0.1, 0.15) is 25.3 Å². The van der Waals surface area contributed by atoms with Gasteiger partial charge in [0.15, 0.2) is 0 Å². The Labute approximate surface area is 109 Å². The Bertz CT molecular complexity index is 281. The van der Waals surface area contributed by atoms with Crippen molar-refractivity contribution in [2.24, 2.45) is 0 Å². The lowest BCUT2D eigenvalue weighted by Gasteiger charge is -2.02. The van der Waals surface area contributed by atoms with Gasteiger partial charge in [-0.15, -0.1) is 24.8 Å². The maximum atomic E-state index is 10.9. The Balaban J connectivity index is 0. The van der Waals surface area contributed by atoms with E-state index in [2.05, 4.69) is 16.4 Å². The highest BCUT2D eigenvalue weighted by Crippen LogP contribution is 1.99. The summed E-state index contributed by atoms with van der Waals surface area (Å²) in [5, 5.41) is 2.84. The predicted octanol–water partition coefficient (Wildman–Crippen LogP) is 2.38. The van der Waals surface area contributed by atoms with Crippen LogP contribution in [0.25, 0.3) is 0 Å². The SMILES string of the molecule is CCC(=O)NCCCc1cccnc1.Cl.Cl. The molecule has 1 aromatic heterocycles. The Morgan fingerprint density at radius 3 is 2.75 bits per heavy atom. The maximum Gasteiger partial charge on any atom is 0.219 e. The Hall–Kier alpha value is -0.800. The van der Waals surface area contributed by atoms with Crippen LogP contribution in [-0.2, 0) is 11.2 Å². The zero-order valence-corrected chi connectivity index (χ0v) is 10.9. The van der Waals surface area contributed by atoms with Crippen LogP contribution in [0.15, 0.2) is 24.5 Å². The Kier molecular flexibility index (Phi) is 11.8. The molecule has 0 unspecified atom stereocenters. The first-order valence-electron chi connectivity index (χ1n) is 4.98. The third-order valence-electron chi connectivity index (χ3n) is 2.01. The van der Waals surface area contributed by atoms with Gasteiger partial charge in [0.25, 0.3) is 0 Å². The number of nitrogens with zero attached hydrogens (tertiary/aromatic N) is 1. The minimum Gasteiger partial charge on any atom is -0.356 e. The molecule has 3 nitrogen and oxygen atoms in total. The van der Waals surface area contributed by atoms with Gasteiger partial charge in [0.05, 0.1) is 0 Å². The molecule has 0 bridgehead atoms. The number of amides is 1. The first-order valence-corrected chi connectivity index (χ1v) is 4.98. The number of halogens is 2. The first-order chi connectivity index (χ1) is 6.83. The molecule has 0 saturated carbocycles. The molecular formula is C11H18Cl2N2O. The monoisotopic (exact) mass is 264 g/mol. The fraction of sp³-hybridized carbons (Fsp3) is 0.455. The topological polar surface area (TPSA) is 42.0 Å². The van der Waals surface area contributed by atoms with E-state index in [-0.39, 0.29) is 30.7 Å². The summed E-state index contributed by atoms with van der Waals surface area (Å²) < 4.78 is 0. The molecule has 1 N–H and O–H groups in total. The zero-order chi connectivity index (χ0) is 10.2. The molecule has 0 radical (unpaired) electrons. The van der Waals surface area contributed by atoms with E-state index in [0.717, 1.165) is 19.4 Å². The summed E-state index contributed by atoms with van der Waals surface area (Å²) in [4.78, 5) is 14.9. The van der Waals surface area contributed by atoms with Gasteiger partial charge >= 0.3 is 0 Å². The summed E-state index contributed by atoms with van der Waals surface area (Å²) in [6.45, 7) is 2.61. The molecule has 0 spiro atoms. The molecule has 1 amide bonds. The van der Waals surface area contributed by atoms with E-state index in [4.69, 9.17) is 0 Å². The fourth-order valence-electron chi connectivity index (χ4n) is 1.19. The summed E-state index contributed by atoms with van der Waals surface area (Å²) in [7, 11) is 0. The van der Waals surface area contributed by atoms with Crippen molar-refractivity contribution >= 4 is 30.7 Å². The van der Waals surface area contributed by atoms with Gasteiger partial charge in [-0.05, 0) is 24.5 Å². The molecule has 16 heavy (non-hydrogen) atoms. The van der Waals surface area contributed by atoms with E-state index in [1.807, 2.05) is 19.2 Å². The van der Waals surface area contributed by atoms with Crippen LogP contribution < -0.4 is 5.32 Å². The van der Waals surface area contributed by atoms with Crippen molar-refractivity contribution in [3.63, 3.8) is 0 Å². The predicted molar refractivity (Wildman–Crippen MR) is 70.4 cm³/mol. The van der Waals surface area contributed by atoms with Crippen LogP contribution >= 0.6 is 24.8 Å². The Morgan fingerprint density at radius 2 is 2.19 bits per heavy atom. The van der Waals surface area contributed by atoms with Gasteiger partial charge in [-0.3, -0.25) is 9.78 Å². The number of pyridine rings is 1. The molecule has 1 heterocycles. The largest absolute Gasteiger partial charge is 0.356 e. The second-order valence-electron chi connectivity index (χ2n) is 3.17. The molecule has 1 rings (SSSR count). The average Bonchev–Trinajstić information content (AvgIpc) is 2.25. The number of hydrogen-bond donors (Lipinski definition) is 1. The van der Waals surface area contributed by atoms with Crippen molar-refractivity contribution in [3.05, 3.63) is 30.1 Å². The lowest BCUT2D eigenvalue weighted by Crippen LogP contribution is -2.23. The van der Waals surface area contributed by atoms with Gasteiger partial charge in [0.1, 0.15) is 0 Å². The van der Waals surface area contributed by atoms with E-state index in [9.17, 15) is 4.79 Å². The maximum absolute atomic E-state index is 10.9. The fourth-order valence-corrected chi connectivity index (χ4v) is 1.19. The van der Waals surface area contributed by atoms with Gasteiger partial charge in [0, 0.05) is 25.4 Å². The minimum absolute atomic E-state index is 0. The lowest BCUT2D eigenvalue weighted by atomic mass is 10.1. The van der Waals surface area contributed by atoms with Crippen LogP contribution in [0.5, 0.6) is 0 Å². The quantitative estimate of drug-likeness (QED) is 0.830. The normalized spacial score (nSPS) is 8.56. The van der Waals surface area contributed by atoms with Gasteiger partial charge in [-0.2, -0.15) is 0 Å². The molecule has 0 atom stereocenters. The summed E-state index contributed by atoms with van der Waals surface area (Å²) >= 11 is 0. The first kappa shape index (κ1) is 17.6. The minimum atomic E-state index is 0. The highest BCUT2D eigenvalue weighted by Gasteiger charge is 1.96. The van der Waals surface area contributed by atoms with Crippen molar-refractivity contribution in [2.45, 2.75) is 26.2 Å². The van der Waals surface area contributed by atoms with E-state index in [1.54, 1.807) is 6.20 Å². The van der Waals surface area contributed by atoms with E-state index in [1.165, 1.54) is 5.56 Å². The molecule has 0 saturated heterocycles. The van der Waals surface area contributed by atoms with Crippen molar-refractivity contribution in [2.75, 3.05) is 6.54 Å². The van der Waals surface area contributed by atoms with Crippen molar-refractivity contribution in [1.82, 2.24) is 10.3 Å². The molecule has 0 aliphatic carbocycles. The third kappa shape index (κ3) is 7.49. The summed E-state index contributed by atoms with van der Waals surface area (Å²) in [6.07, 6.45) is 6.13. The third-order valence-corrected chi connectivity index (χ3v) is 2.01. The number of hydrogen-bond acceptors (Lipinski definition) is 2. The highest BCUT2D eigenvalue weighted by molar-refractivity contribution is 5.85. The molecule has 0 aliphatic rings. The zero-order valence-electron chi connectivity index (χ0n) is 9.31. The smallest absolute Gasteiger partial charge is 0.219 e. The molecule has 5 heteroatoms. The molecular weight excluding hydrogens is 247 g/mol. The number of aryl methyl sites for hydroxylation is 1. The second-order valence-corrected chi connectivity index (χ2v) is 3.17. The number of nitrogens with one attached hydrogen (secondary N) is 1. The van der Waals surface area contributed by atoms with E-state index < -0.39 is 0 Å². The van der Waals surface area contributed by atoms with Gasteiger partial charge < -0.3 is 5.32 Å². The van der Waals surface area contributed by atoms with Crippen molar-refractivity contribution < 1.29 is 4.79 Å². The van der Waals surface area contributed by atoms with Crippen LogP contribution in [0.2, 0.25) is 0 Å². The molecule has 0 aliphatic heterocycles. The molecule has 1 aromatic rings. The highest BCUT2D eigenvalue weighted by atomic mass is 35.5. The molecule has 0 fully saturated rings. The lowest BCUT2D eigenvalue weighted by molar-refractivity contribution is -0.120. The number of carbonyl (C=O) groups excluding carboxylic acids is 1. The van der Waals surface area contributed by atoms with Crippen LogP contribution in [0, 0.1) is 0 Å².